The van der Waals surface area contributed by atoms with Crippen molar-refractivity contribution in [3.63, 3.8) is 0 Å². The molecule has 1 aromatic rings. The van der Waals surface area contributed by atoms with Crippen molar-refractivity contribution in [1.82, 2.24) is 20.4 Å². The third kappa shape index (κ3) is 4.14. The van der Waals surface area contributed by atoms with Gasteiger partial charge >= 0.3 is 0 Å². The minimum Gasteiger partial charge on any atom is -0.468 e. The number of rotatable bonds is 7. The second-order valence-electron chi connectivity index (χ2n) is 8.20. The zero-order valence-electron chi connectivity index (χ0n) is 17.6. The summed E-state index contributed by atoms with van der Waals surface area (Å²) in [6.07, 6.45) is 6.85. The van der Waals surface area contributed by atoms with Gasteiger partial charge in [0, 0.05) is 26.7 Å². The summed E-state index contributed by atoms with van der Waals surface area (Å²) < 4.78 is 5.53. The number of halogens is 1. The number of allylic oxidation sites excluding steroid dienone is 2. The van der Waals surface area contributed by atoms with E-state index in [-0.39, 0.29) is 65.5 Å². The van der Waals surface area contributed by atoms with E-state index in [0.717, 1.165) is 12.2 Å². The van der Waals surface area contributed by atoms with E-state index in [9.17, 15) is 9.59 Å². The molecular weight excluding hydrogens is 497 g/mol. The molecule has 1 saturated heterocycles. The molecule has 1 saturated carbocycles. The van der Waals surface area contributed by atoms with Crippen LogP contribution in [0.25, 0.3) is 0 Å². The van der Waals surface area contributed by atoms with Crippen LogP contribution in [0.3, 0.4) is 0 Å². The number of carbonyl (C=O) groups excluding carboxylic acids is 2. The zero-order chi connectivity index (χ0) is 20.5. The Morgan fingerprint density at radius 3 is 2.43 bits per heavy atom. The average Bonchev–Trinajstić information content (AvgIpc) is 3.48. The zero-order valence-corrected chi connectivity index (χ0v) is 19.9. The molecule has 1 aromatic heterocycles. The van der Waals surface area contributed by atoms with Crippen LogP contribution < -0.4 is 10.6 Å². The van der Waals surface area contributed by atoms with Gasteiger partial charge in [0.15, 0.2) is 5.96 Å². The fourth-order valence-corrected chi connectivity index (χ4v) is 4.90. The Labute approximate surface area is 194 Å². The molecule has 0 radical (unpaired) electrons. The van der Waals surface area contributed by atoms with Gasteiger partial charge in [-0.15, -0.1) is 24.0 Å². The summed E-state index contributed by atoms with van der Waals surface area (Å²) in [6.45, 7) is 1.44. The molecule has 0 aromatic carbocycles. The predicted octanol–water partition coefficient (Wildman–Crippen LogP) is 1.47. The third-order valence-corrected chi connectivity index (χ3v) is 6.37. The molecule has 2 amide bonds. The number of furan rings is 1. The summed E-state index contributed by atoms with van der Waals surface area (Å²) >= 11 is 0. The number of nitrogens with zero attached hydrogens (tertiary/aromatic N) is 3. The molecule has 2 heterocycles. The minimum atomic E-state index is -0.135. The van der Waals surface area contributed by atoms with Crippen molar-refractivity contribution in [2.75, 3.05) is 40.8 Å². The monoisotopic (exact) mass is 527 g/mol. The molecule has 2 aliphatic carbocycles. The lowest BCUT2D eigenvalue weighted by atomic mass is 9.85. The highest BCUT2D eigenvalue weighted by molar-refractivity contribution is 14.0. The standard InChI is InChI=1S/C21H29N5O3.HI/c1-22-21(24-12-15(25(2)3)16-5-4-10-29-16)23-8-9-26-19(27)17-13-6-7-14(11-13)18(17)20(26)28;/h4-7,10,13-15,17-18H,8-9,11-12H2,1-3H3,(H2,22,23,24);1H. The van der Waals surface area contributed by atoms with Crippen molar-refractivity contribution in [3.8, 4) is 0 Å². The van der Waals surface area contributed by atoms with Crippen molar-refractivity contribution >= 4 is 41.8 Å². The molecule has 8 nitrogen and oxygen atoms in total. The number of hydrogen-bond acceptors (Lipinski definition) is 5. The Kier molecular flexibility index (Phi) is 7.22. The van der Waals surface area contributed by atoms with Gasteiger partial charge in [0.2, 0.25) is 11.8 Å². The van der Waals surface area contributed by atoms with Crippen molar-refractivity contribution in [2.45, 2.75) is 12.5 Å². The first-order valence-corrected chi connectivity index (χ1v) is 10.2. The first-order chi connectivity index (χ1) is 14.0. The maximum absolute atomic E-state index is 12.7. The fourth-order valence-electron chi connectivity index (χ4n) is 4.90. The second-order valence-corrected chi connectivity index (χ2v) is 8.20. The van der Waals surface area contributed by atoms with Gasteiger partial charge in [0.25, 0.3) is 0 Å². The van der Waals surface area contributed by atoms with E-state index in [0.29, 0.717) is 25.6 Å². The van der Waals surface area contributed by atoms with Crippen molar-refractivity contribution in [3.05, 3.63) is 36.3 Å². The number of fused-ring (bicyclic) bond motifs is 5. The van der Waals surface area contributed by atoms with Crippen molar-refractivity contribution in [1.29, 1.82) is 0 Å². The summed E-state index contributed by atoms with van der Waals surface area (Å²) in [5.41, 5.74) is 0. The van der Waals surface area contributed by atoms with Crippen LogP contribution in [0.1, 0.15) is 18.2 Å². The predicted molar refractivity (Wildman–Crippen MR) is 124 cm³/mol. The minimum absolute atomic E-state index is 0. The number of nitrogens with one attached hydrogen (secondary N) is 2. The van der Waals surface area contributed by atoms with Crippen LogP contribution >= 0.6 is 24.0 Å². The average molecular weight is 527 g/mol. The van der Waals surface area contributed by atoms with Gasteiger partial charge in [-0.2, -0.15) is 0 Å². The molecule has 2 N–H and O–H groups in total. The highest BCUT2D eigenvalue weighted by Gasteiger charge is 2.58. The van der Waals surface area contributed by atoms with Crippen LogP contribution in [0.4, 0.5) is 0 Å². The summed E-state index contributed by atoms with van der Waals surface area (Å²) in [6, 6.07) is 3.89. The third-order valence-electron chi connectivity index (χ3n) is 6.37. The largest absolute Gasteiger partial charge is 0.468 e. The van der Waals surface area contributed by atoms with Crippen LogP contribution in [0.15, 0.2) is 40.0 Å². The highest BCUT2D eigenvalue weighted by Crippen LogP contribution is 2.52. The van der Waals surface area contributed by atoms with Crippen LogP contribution in [-0.4, -0.2) is 68.4 Å². The normalized spacial score (nSPS) is 28.1. The quantitative estimate of drug-likeness (QED) is 0.184. The van der Waals surface area contributed by atoms with E-state index >= 15 is 0 Å². The van der Waals surface area contributed by atoms with Crippen LogP contribution in [-0.2, 0) is 9.59 Å². The molecule has 2 fully saturated rings. The smallest absolute Gasteiger partial charge is 0.233 e. The Hall–Kier alpha value is -1.88. The molecule has 3 aliphatic rings. The van der Waals surface area contributed by atoms with E-state index in [2.05, 4.69) is 32.7 Å². The summed E-state index contributed by atoms with van der Waals surface area (Å²) in [7, 11) is 5.69. The van der Waals surface area contributed by atoms with Gasteiger partial charge in [-0.1, -0.05) is 12.2 Å². The lowest BCUT2D eigenvalue weighted by Crippen LogP contribution is -2.45. The number of amides is 2. The van der Waals surface area contributed by atoms with E-state index in [1.54, 1.807) is 13.3 Å². The van der Waals surface area contributed by atoms with Crippen LogP contribution in [0, 0.1) is 23.7 Å². The Balaban J connectivity index is 0.00000256. The first-order valence-electron chi connectivity index (χ1n) is 10.2. The van der Waals surface area contributed by atoms with E-state index in [1.165, 1.54) is 4.90 Å². The Morgan fingerprint density at radius 2 is 1.90 bits per heavy atom. The summed E-state index contributed by atoms with van der Waals surface area (Å²) in [4.78, 5) is 33.2. The molecule has 9 heteroatoms. The summed E-state index contributed by atoms with van der Waals surface area (Å²) in [5.74, 6) is 1.72. The lowest BCUT2D eigenvalue weighted by molar-refractivity contribution is -0.140. The molecule has 164 valence electrons. The van der Waals surface area contributed by atoms with Gasteiger partial charge in [-0.05, 0) is 44.5 Å². The number of imide groups is 1. The van der Waals surface area contributed by atoms with Gasteiger partial charge < -0.3 is 15.1 Å². The number of guanidine groups is 1. The highest BCUT2D eigenvalue weighted by atomic mass is 127. The number of carbonyl (C=O) groups is 2. The van der Waals surface area contributed by atoms with Crippen molar-refractivity contribution in [2.24, 2.45) is 28.7 Å². The van der Waals surface area contributed by atoms with E-state index in [4.69, 9.17) is 4.42 Å². The van der Waals surface area contributed by atoms with Crippen molar-refractivity contribution < 1.29 is 14.0 Å². The van der Waals surface area contributed by atoms with Crippen LogP contribution in [0.5, 0.6) is 0 Å². The van der Waals surface area contributed by atoms with Gasteiger partial charge in [-0.25, -0.2) is 0 Å². The van der Waals surface area contributed by atoms with Crippen LogP contribution in [0.2, 0.25) is 0 Å². The first kappa shape index (κ1) is 22.8. The van der Waals surface area contributed by atoms with E-state index < -0.39 is 0 Å². The Morgan fingerprint density at radius 1 is 1.23 bits per heavy atom. The maximum Gasteiger partial charge on any atom is 0.233 e. The summed E-state index contributed by atoms with van der Waals surface area (Å²) in [5, 5.41) is 6.50. The van der Waals surface area contributed by atoms with Gasteiger partial charge in [0.1, 0.15) is 5.76 Å². The Bertz CT molecular complexity index is 793. The topological polar surface area (TPSA) is 90.2 Å². The molecule has 2 bridgehead atoms. The lowest BCUT2D eigenvalue weighted by Gasteiger charge is -2.24. The number of aliphatic imine (C=N–C) groups is 1. The molecule has 5 unspecified atom stereocenters. The number of likely N-dealkylation sites (tertiary alicyclic amines) is 1. The van der Waals surface area contributed by atoms with E-state index in [1.807, 2.05) is 26.2 Å². The molecule has 4 rings (SSSR count). The number of hydrogen-bond donors (Lipinski definition) is 2. The maximum atomic E-state index is 12.7. The molecule has 0 spiro atoms. The number of likely N-dealkylation sites (N-methyl/N-ethyl adjacent to an activating group) is 1. The fraction of sp³-hybridized carbons (Fsp3) is 0.571. The molecule has 1 aliphatic heterocycles. The van der Waals surface area contributed by atoms with Gasteiger partial charge in [-0.3, -0.25) is 24.4 Å². The molecule has 5 atom stereocenters. The second kappa shape index (κ2) is 9.51. The SMILES string of the molecule is CN=C(NCCN1C(=O)C2C3C=CC(C3)C2C1=O)NCC(c1ccco1)N(C)C.I. The van der Waals surface area contributed by atoms with Gasteiger partial charge in [0.05, 0.1) is 24.1 Å². The molecular formula is C21H30IN5O3. The molecule has 30 heavy (non-hydrogen) atoms.